The number of methoxy groups -OCH3 is 1. The minimum Gasteiger partial charge on any atom is -0.493 e. The van der Waals surface area contributed by atoms with E-state index in [1.165, 1.54) is 15.7 Å². The summed E-state index contributed by atoms with van der Waals surface area (Å²) in [5.41, 5.74) is 2.52. The molecule has 3 aromatic carbocycles. The van der Waals surface area contributed by atoms with E-state index in [-0.39, 0.29) is 12.3 Å². The number of nitro benzene ring substituents is 1. The minimum atomic E-state index is -0.443. The number of hydrogen-bond donors (Lipinski definition) is 0. The Morgan fingerprint density at radius 3 is 2.53 bits per heavy atom. The first kappa shape index (κ1) is 21.6. The second kappa shape index (κ2) is 10.6. The van der Waals surface area contributed by atoms with Crippen molar-refractivity contribution in [3.63, 3.8) is 0 Å². The number of rotatable bonds is 9. The molecule has 0 atom stereocenters. The fraction of sp³-hybridized carbons (Fsp3) is 0.136. The fourth-order valence-electron chi connectivity index (χ4n) is 2.60. The summed E-state index contributed by atoms with van der Waals surface area (Å²) in [5, 5.41) is 14.7. The van der Waals surface area contributed by atoms with Crippen molar-refractivity contribution in [2.75, 3.05) is 7.11 Å². The summed E-state index contributed by atoms with van der Waals surface area (Å²) in [6.07, 6.45) is 1.54. The third kappa shape index (κ3) is 6.18. The fourth-order valence-corrected chi connectivity index (χ4v) is 2.95. The van der Waals surface area contributed by atoms with Gasteiger partial charge >= 0.3 is 0 Å². The molecule has 0 bridgehead atoms. The molecule has 0 saturated carbocycles. The Morgan fingerprint density at radius 2 is 1.80 bits per heavy atom. The molecule has 3 aromatic rings. The van der Waals surface area contributed by atoms with Crippen LogP contribution in [0.5, 0.6) is 11.5 Å². The van der Waals surface area contributed by atoms with Crippen LogP contribution in [0.4, 0.5) is 5.69 Å². The molecule has 0 radical (unpaired) electrons. The molecule has 8 heteroatoms. The van der Waals surface area contributed by atoms with E-state index in [1.54, 1.807) is 31.5 Å². The number of non-ortho nitro benzene ring substituents is 1. The zero-order chi connectivity index (χ0) is 21.3. The average Bonchev–Trinajstić information content (AvgIpc) is 2.77. The van der Waals surface area contributed by atoms with Gasteiger partial charge in [-0.05, 0) is 64.0 Å². The van der Waals surface area contributed by atoms with Crippen LogP contribution in [0.3, 0.4) is 0 Å². The van der Waals surface area contributed by atoms with Gasteiger partial charge in [-0.3, -0.25) is 10.1 Å². The first-order valence-corrected chi connectivity index (χ1v) is 10.1. The average molecular weight is 518 g/mol. The molecule has 30 heavy (non-hydrogen) atoms. The van der Waals surface area contributed by atoms with E-state index in [0.29, 0.717) is 23.7 Å². The van der Waals surface area contributed by atoms with Crippen molar-refractivity contribution in [3.8, 4) is 11.5 Å². The SMILES string of the molecule is COc1cc(/C=N\OCc2cccc([N+](=O)[O-])c2)ccc1OCc1ccc(I)cc1. The van der Waals surface area contributed by atoms with Crippen molar-refractivity contribution in [2.24, 2.45) is 5.16 Å². The Hall–Kier alpha value is -3.14. The monoisotopic (exact) mass is 518 g/mol. The number of benzene rings is 3. The second-order valence-corrected chi connectivity index (χ2v) is 7.51. The van der Waals surface area contributed by atoms with Crippen LogP contribution >= 0.6 is 22.6 Å². The standard InChI is InChI=1S/C22H19IN2O5/c1-28-22-12-17(7-10-21(22)29-14-16-5-8-19(23)9-6-16)13-24-30-15-18-3-2-4-20(11-18)25(26)27/h2-13H,14-15H2,1H3/b24-13-. The normalized spacial score (nSPS) is 10.7. The maximum atomic E-state index is 10.8. The van der Waals surface area contributed by atoms with Gasteiger partial charge in [-0.25, -0.2) is 0 Å². The highest BCUT2D eigenvalue weighted by Gasteiger charge is 2.07. The predicted molar refractivity (Wildman–Crippen MR) is 122 cm³/mol. The molecule has 0 amide bonds. The maximum Gasteiger partial charge on any atom is 0.269 e. The van der Waals surface area contributed by atoms with Crippen LogP contribution in [0.1, 0.15) is 16.7 Å². The molecule has 154 valence electrons. The lowest BCUT2D eigenvalue weighted by atomic mass is 10.2. The Bertz CT molecular complexity index is 1040. The van der Waals surface area contributed by atoms with Crippen molar-refractivity contribution in [2.45, 2.75) is 13.2 Å². The van der Waals surface area contributed by atoms with Crippen molar-refractivity contribution in [1.29, 1.82) is 0 Å². The van der Waals surface area contributed by atoms with Crippen molar-refractivity contribution >= 4 is 34.5 Å². The number of hydrogen-bond acceptors (Lipinski definition) is 6. The number of nitrogens with zero attached hydrogens (tertiary/aromatic N) is 2. The van der Waals surface area contributed by atoms with E-state index >= 15 is 0 Å². The highest BCUT2D eigenvalue weighted by molar-refractivity contribution is 14.1. The van der Waals surface area contributed by atoms with E-state index in [2.05, 4.69) is 27.7 Å². The highest BCUT2D eigenvalue weighted by atomic mass is 127. The molecule has 0 aromatic heterocycles. The van der Waals surface area contributed by atoms with Gasteiger partial charge in [-0.1, -0.05) is 29.4 Å². The third-order valence-electron chi connectivity index (χ3n) is 4.12. The summed E-state index contributed by atoms with van der Waals surface area (Å²) in [7, 11) is 1.58. The summed E-state index contributed by atoms with van der Waals surface area (Å²) < 4.78 is 12.4. The maximum absolute atomic E-state index is 10.8. The smallest absolute Gasteiger partial charge is 0.269 e. The van der Waals surface area contributed by atoms with Crippen LogP contribution < -0.4 is 9.47 Å². The quantitative estimate of drug-likeness (QED) is 0.165. The Balaban J connectivity index is 1.58. The summed E-state index contributed by atoms with van der Waals surface area (Å²) in [6.45, 7) is 0.569. The van der Waals surface area contributed by atoms with Crippen molar-refractivity contribution < 1.29 is 19.2 Å². The first-order chi connectivity index (χ1) is 14.5. The highest BCUT2D eigenvalue weighted by Crippen LogP contribution is 2.28. The molecule has 3 rings (SSSR count). The van der Waals surface area contributed by atoms with E-state index in [1.807, 2.05) is 36.4 Å². The Morgan fingerprint density at radius 1 is 1.00 bits per heavy atom. The van der Waals surface area contributed by atoms with Crippen LogP contribution in [0.25, 0.3) is 0 Å². The van der Waals surface area contributed by atoms with E-state index in [0.717, 1.165) is 11.1 Å². The van der Waals surface area contributed by atoms with Crippen molar-refractivity contribution in [1.82, 2.24) is 0 Å². The summed E-state index contributed by atoms with van der Waals surface area (Å²) >= 11 is 2.26. The Kier molecular flexibility index (Phi) is 7.61. The van der Waals surface area contributed by atoms with Gasteiger partial charge in [0.1, 0.15) is 13.2 Å². The van der Waals surface area contributed by atoms with Crippen LogP contribution in [-0.2, 0) is 18.1 Å². The molecule has 0 aliphatic heterocycles. The third-order valence-corrected chi connectivity index (χ3v) is 4.84. The zero-order valence-electron chi connectivity index (χ0n) is 16.2. The summed E-state index contributed by atoms with van der Waals surface area (Å²) in [6, 6.07) is 19.8. The predicted octanol–water partition coefficient (Wildman–Crippen LogP) is 5.34. The van der Waals surface area contributed by atoms with Gasteiger partial charge in [-0.15, -0.1) is 0 Å². The van der Waals surface area contributed by atoms with E-state index in [4.69, 9.17) is 14.3 Å². The van der Waals surface area contributed by atoms with Gasteiger partial charge in [0.25, 0.3) is 5.69 Å². The molecular weight excluding hydrogens is 499 g/mol. The summed E-state index contributed by atoms with van der Waals surface area (Å²) in [4.78, 5) is 15.6. The Labute approximate surface area is 187 Å². The number of halogens is 1. The van der Waals surface area contributed by atoms with Crippen LogP contribution in [0.15, 0.2) is 71.9 Å². The van der Waals surface area contributed by atoms with Gasteiger partial charge in [0.2, 0.25) is 0 Å². The molecule has 0 aliphatic rings. The molecule has 0 heterocycles. The van der Waals surface area contributed by atoms with E-state index in [9.17, 15) is 10.1 Å². The topological polar surface area (TPSA) is 83.2 Å². The number of oxime groups is 1. The molecule has 0 N–H and O–H groups in total. The van der Waals surface area contributed by atoms with Gasteiger partial charge in [0.15, 0.2) is 11.5 Å². The molecule has 0 saturated heterocycles. The molecule has 0 spiro atoms. The van der Waals surface area contributed by atoms with Gasteiger partial charge in [0, 0.05) is 21.3 Å². The number of ether oxygens (including phenoxy) is 2. The van der Waals surface area contributed by atoms with Crippen LogP contribution in [0.2, 0.25) is 0 Å². The molecule has 0 unspecified atom stereocenters. The lowest BCUT2D eigenvalue weighted by molar-refractivity contribution is -0.384. The zero-order valence-corrected chi connectivity index (χ0v) is 18.3. The van der Waals surface area contributed by atoms with Gasteiger partial charge < -0.3 is 14.3 Å². The lowest BCUT2D eigenvalue weighted by Crippen LogP contribution is -1.98. The minimum absolute atomic E-state index is 0.0191. The lowest BCUT2D eigenvalue weighted by Gasteiger charge is -2.11. The number of nitro groups is 1. The second-order valence-electron chi connectivity index (χ2n) is 6.26. The van der Waals surface area contributed by atoms with Crippen molar-refractivity contribution in [3.05, 3.63) is 97.1 Å². The van der Waals surface area contributed by atoms with Gasteiger partial charge in [-0.2, -0.15) is 0 Å². The van der Waals surface area contributed by atoms with Crippen LogP contribution in [0, 0.1) is 13.7 Å². The van der Waals surface area contributed by atoms with Crippen LogP contribution in [-0.4, -0.2) is 18.2 Å². The molecule has 0 aliphatic carbocycles. The molecule has 7 nitrogen and oxygen atoms in total. The molecule has 0 fully saturated rings. The molecular formula is C22H19IN2O5. The van der Waals surface area contributed by atoms with E-state index < -0.39 is 4.92 Å². The largest absolute Gasteiger partial charge is 0.493 e. The van der Waals surface area contributed by atoms with Gasteiger partial charge in [0.05, 0.1) is 18.2 Å². The first-order valence-electron chi connectivity index (χ1n) is 8.99. The summed E-state index contributed by atoms with van der Waals surface area (Å²) in [5.74, 6) is 1.22.